The van der Waals surface area contributed by atoms with Crippen LogP contribution in [0.15, 0.2) is 24.5 Å². The Hall–Kier alpha value is -2.41. The second-order valence-electron chi connectivity index (χ2n) is 3.45. The van der Waals surface area contributed by atoms with Crippen LogP contribution in [0.4, 0.5) is 0 Å². The summed E-state index contributed by atoms with van der Waals surface area (Å²) in [5, 5.41) is 13.1. The molecule has 0 bridgehead atoms. The molecule has 1 aromatic carbocycles. The van der Waals surface area contributed by atoms with Crippen LogP contribution in [0.1, 0.15) is 21.0 Å². The second-order valence-corrected chi connectivity index (χ2v) is 3.85. The lowest BCUT2D eigenvalue weighted by Crippen LogP contribution is -2.09. The van der Waals surface area contributed by atoms with Crippen LogP contribution >= 0.6 is 11.6 Å². The van der Waals surface area contributed by atoms with Crippen molar-refractivity contribution in [1.82, 2.24) is 14.8 Å². The van der Waals surface area contributed by atoms with Crippen molar-refractivity contribution < 1.29 is 19.4 Å². The molecule has 0 unspecified atom stereocenters. The lowest BCUT2D eigenvalue weighted by Gasteiger charge is -2.07. The van der Waals surface area contributed by atoms with Crippen LogP contribution in [0.2, 0.25) is 5.02 Å². The molecular weight excluding hydrogens is 274 g/mol. The van der Waals surface area contributed by atoms with Gasteiger partial charge in [-0.3, -0.25) is 0 Å². The van der Waals surface area contributed by atoms with Crippen molar-refractivity contribution in [3.63, 3.8) is 0 Å². The molecule has 2 rings (SSSR count). The third kappa shape index (κ3) is 2.41. The van der Waals surface area contributed by atoms with Gasteiger partial charge in [-0.15, -0.1) is 5.10 Å². The number of carbonyl (C=O) groups excluding carboxylic acids is 1. The van der Waals surface area contributed by atoms with Crippen LogP contribution in [0.5, 0.6) is 0 Å². The van der Waals surface area contributed by atoms with E-state index in [1.807, 2.05) is 0 Å². The van der Waals surface area contributed by atoms with Crippen molar-refractivity contribution in [3.8, 4) is 5.69 Å². The van der Waals surface area contributed by atoms with E-state index in [4.69, 9.17) is 16.7 Å². The van der Waals surface area contributed by atoms with E-state index in [1.165, 1.54) is 31.6 Å². The first kappa shape index (κ1) is 13.0. The van der Waals surface area contributed by atoms with Gasteiger partial charge >= 0.3 is 11.9 Å². The number of carboxylic acid groups (broad SMARTS) is 1. The summed E-state index contributed by atoms with van der Waals surface area (Å²) in [4.78, 5) is 26.1. The minimum absolute atomic E-state index is 0.0474. The number of para-hydroxylation sites is 1. The summed E-state index contributed by atoms with van der Waals surface area (Å²) in [6.45, 7) is 0. The monoisotopic (exact) mass is 281 g/mol. The summed E-state index contributed by atoms with van der Waals surface area (Å²) in [5.41, 5.74) is 0.0909. The van der Waals surface area contributed by atoms with Gasteiger partial charge in [0.25, 0.3) is 5.82 Å². The molecule has 19 heavy (non-hydrogen) atoms. The Balaban J connectivity index is 2.56. The predicted octanol–water partition coefficient (Wildman–Crippen LogP) is 1.41. The number of hydrogen-bond donors (Lipinski definition) is 1. The summed E-state index contributed by atoms with van der Waals surface area (Å²) in [7, 11) is 1.20. The number of carbonyl (C=O) groups is 2. The summed E-state index contributed by atoms with van der Waals surface area (Å²) in [5.74, 6) is -2.06. The Morgan fingerprint density at radius 3 is 2.79 bits per heavy atom. The van der Waals surface area contributed by atoms with Gasteiger partial charge in [0, 0.05) is 0 Å². The maximum absolute atomic E-state index is 11.3. The number of nitrogens with zero attached hydrogens (tertiary/aromatic N) is 3. The van der Waals surface area contributed by atoms with Crippen LogP contribution in [0, 0.1) is 0 Å². The number of methoxy groups -OCH3 is 1. The molecule has 1 heterocycles. The molecule has 0 amide bonds. The SMILES string of the molecule is COC(=O)c1ncn(-c2c(Cl)cccc2C(=O)O)n1. The summed E-state index contributed by atoms with van der Waals surface area (Å²) >= 11 is 5.96. The van der Waals surface area contributed by atoms with E-state index in [0.717, 1.165) is 4.68 Å². The van der Waals surface area contributed by atoms with Gasteiger partial charge in [-0.2, -0.15) is 0 Å². The van der Waals surface area contributed by atoms with E-state index < -0.39 is 11.9 Å². The van der Waals surface area contributed by atoms with Crippen LogP contribution in [-0.4, -0.2) is 38.9 Å². The minimum Gasteiger partial charge on any atom is -0.478 e. The van der Waals surface area contributed by atoms with Gasteiger partial charge in [0.15, 0.2) is 0 Å². The fourth-order valence-electron chi connectivity index (χ4n) is 1.48. The first-order chi connectivity index (χ1) is 9.04. The van der Waals surface area contributed by atoms with Crippen molar-refractivity contribution in [1.29, 1.82) is 0 Å². The Labute approximate surface area is 112 Å². The molecule has 1 aromatic heterocycles. The number of ether oxygens (including phenoxy) is 1. The molecule has 0 aliphatic rings. The molecule has 0 aliphatic carbocycles. The quantitative estimate of drug-likeness (QED) is 0.855. The number of esters is 1. The molecule has 7 nitrogen and oxygen atoms in total. The average molecular weight is 282 g/mol. The fourth-order valence-corrected chi connectivity index (χ4v) is 1.74. The molecule has 0 saturated heterocycles. The Morgan fingerprint density at radius 1 is 1.42 bits per heavy atom. The Kier molecular flexibility index (Phi) is 3.48. The minimum atomic E-state index is -1.16. The Morgan fingerprint density at radius 2 is 2.16 bits per heavy atom. The highest BCUT2D eigenvalue weighted by Gasteiger charge is 2.18. The van der Waals surface area contributed by atoms with E-state index in [2.05, 4.69) is 14.8 Å². The van der Waals surface area contributed by atoms with Crippen molar-refractivity contribution in [3.05, 3.63) is 40.9 Å². The van der Waals surface area contributed by atoms with Gasteiger partial charge in [0.05, 0.1) is 23.4 Å². The van der Waals surface area contributed by atoms with Gasteiger partial charge in [-0.05, 0) is 12.1 Å². The van der Waals surface area contributed by atoms with E-state index in [9.17, 15) is 9.59 Å². The van der Waals surface area contributed by atoms with Gasteiger partial charge in [0.1, 0.15) is 6.33 Å². The molecule has 2 aromatic rings. The molecule has 0 aliphatic heterocycles. The normalized spacial score (nSPS) is 10.2. The zero-order valence-electron chi connectivity index (χ0n) is 9.70. The smallest absolute Gasteiger partial charge is 0.377 e. The second kappa shape index (κ2) is 5.07. The maximum Gasteiger partial charge on any atom is 0.377 e. The molecule has 0 saturated carbocycles. The van der Waals surface area contributed by atoms with Crippen LogP contribution in [0.3, 0.4) is 0 Å². The molecule has 1 N–H and O–H groups in total. The highest BCUT2D eigenvalue weighted by molar-refractivity contribution is 6.33. The number of aromatic carboxylic acids is 1. The van der Waals surface area contributed by atoms with Crippen LogP contribution < -0.4 is 0 Å². The van der Waals surface area contributed by atoms with E-state index in [0.29, 0.717) is 0 Å². The van der Waals surface area contributed by atoms with E-state index >= 15 is 0 Å². The van der Waals surface area contributed by atoms with Crippen molar-refractivity contribution in [2.75, 3.05) is 7.11 Å². The fraction of sp³-hybridized carbons (Fsp3) is 0.0909. The van der Waals surface area contributed by atoms with Crippen LogP contribution in [0.25, 0.3) is 5.69 Å². The number of benzene rings is 1. The highest BCUT2D eigenvalue weighted by atomic mass is 35.5. The lowest BCUT2D eigenvalue weighted by molar-refractivity contribution is 0.0586. The molecule has 0 atom stereocenters. The first-order valence-electron chi connectivity index (χ1n) is 5.06. The molecule has 0 spiro atoms. The maximum atomic E-state index is 11.3. The largest absolute Gasteiger partial charge is 0.478 e. The number of rotatable bonds is 3. The zero-order valence-corrected chi connectivity index (χ0v) is 10.5. The van der Waals surface area contributed by atoms with Crippen LogP contribution in [-0.2, 0) is 4.74 Å². The van der Waals surface area contributed by atoms with Crippen molar-refractivity contribution in [2.45, 2.75) is 0 Å². The van der Waals surface area contributed by atoms with Gasteiger partial charge < -0.3 is 9.84 Å². The number of halogens is 1. The highest BCUT2D eigenvalue weighted by Crippen LogP contribution is 2.23. The molecule has 98 valence electrons. The van der Waals surface area contributed by atoms with Gasteiger partial charge in [-0.1, -0.05) is 17.7 Å². The third-order valence-corrected chi connectivity index (χ3v) is 2.61. The molecule has 8 heteroatoms. The van der Waals surface area contributed by atoms with E-state index in [1.54, 1.807) is 0 Å². The average Bonchev–Trinajstić information content (AvgIpc) is 2.86. The molecular formula is C11H8ClN3O4. The molecule has 0 radical (unpaired) electrons. The third-order valence-electron chi connectivity index (χ3n) is 2.31. The Bertz CT molecular complexity index is 653. The number of carboxylic acids is 1. The topological polar surface area (TPSA) is 94.3 Å². The predicted molar refractivity (Wildman–Crippen MR) is 64.7 cm³/mol. The van der Waals surface area contributed by atoms with Crippen molar-refractivity contribution >= 4 is 23.5 Å². The summed E-state index contributed by atoms with van der Waals surface area (Å²) in [6, 6.07) is 4.40. The standard InChI is InChI=1S/C11H8ClN3O4/c1-19-11(18)9-13-5-15(14-9)8-6(10(16)17)3-2-4-7(8)12/h2-5H,1H3,(H,16,17). The van der Waals surface area contributed by atoms with E-state index in [-0.39, 0.29) is 22.1 Å². The summed E-state index contributed by atoms with van der Waals surface area (Å²) < 4.78 is 5.59. The number of hydrogen-bond acceptors (Lipinski definition) is 5. The van der Waals surface area contributed by atoms with Gasteiger partial charge in [-0.25, -0.2) is 19.3 Å². The first-order valence-corrected chi connectivity index (χ1v) is 5.44. The number of aromatic nitrogens is 3. The van der Waals surface area contributed by atoms with Gasteiger partial charge in [0.2, 0.25) is 0 Å². The zero-order chi connectivity index (χ0) is 14.0. The summed E-state index contributed by atoms with van der Waals surface area (Å²) in [6.07, 6.45) is 1.19. The lowest BCUT2D eigenvalue weighted by atomic mass is 10.2. The van der Waals surface area contributed by atoms with Crippen molar-refractivity contribution in [2.24, 2.45) is 0 Å². The molecule has 0 fully saturated rings.